The first kappa shape index (κ1) is 7.22. The Labute approximate surface area is 59.9 Å². The van der Waals surface area contributed by atoms with Gasteiger partial charge in [-0.05, 0) is 12.5 Å². The number of allylic oxidation sites excluding steroid dienone is 2. The highest BCUT2D eigenvalue weighted by Gasteiger charge is 2.10. The smallest absolute Gasteiger partial charge is 0.155 e. The molecular formula is C8H10O2. The van der Waals surface area contributed by atoms with E-state index in [4.69, 9.17) is 5.11 Å². The molecule has 0 fully saturated rings. The second-order valence-electron chi connectivity index (χ2n) is 2.40. The van der Waals surface area contributed by atoms with Crippen molar-refractivity contribution in [2.45, 2.75) is 19.4 Å². The van der Waals surface area contributed by atoms with Gasteiger partial charge in [0.05, 0.1) is 6.10 Å². The molecule has 0 heterocycles. The number of hydrogen-bond acceptors (Lipinski definition) is 2. The van der Waals surface area contributed by atoms with Gasteiger partial charge < -0.3 is 5.11 Å². The van der Waals surface area contributed by atoms with Crippen molar-refractivity contribution < 1.29 is 9.90 Å². The fraction of sp³-hybridized carbons (Fsp3) is 0.375. The Hall–Kier alpha value is -0.890. The number of carbonyl (C=O) groups is 1. The molecule has 2 heteroatoms. The molecule has 0 aliphatic heterocycles. The van der Waals surface area contributed by atoms with Crippen LogP contribution in [0.25, 0.3) is 0 Å². The molecule has 1 rings (SSSR count). The molecule has 1 aliphatic rings. The summed E-state index contributed by atoms with van der Waals surface area (Å²) < 4.78 is 0. The van der Waals surface area contributed by atoms with Gasteiger partial charge in [0.25, 0.3) is 0 Å². The minimum absolute atomic E-state index is 0.0448. The molecule has 0 spiro atoms. The first-order chi connectivity index (χ1) is 4.70. The monoisotopic (exact) mass is 138 g/mol. The van der Waals surface area contributed by atoms with E-state index in [1.165, 1.54) is 6.92 Å². The van der Waals surface area contributed by atoms with E-state index in [0.29, 0.717) is 12.0 Å². The molecule has 10 heavy (non-hydrogen) atoms. The summed E-state index contributed by atoms with van der Waals surface area (Å²) in [6, 6.07) is 0. The van der Waals surface area contributed by atoms with Crippen LogP contribution >= 0.6 is 0 Å². The summed E-state index contributed by atoms with van der Waals surface area (Å²) in [6.07, 6.45) is 5.13. The maximum atomic E-state index is 10.7. The predicted molar refractivity (Wildman–Crippen MR) is 38.5 cm³/mol. The van der Waals surface area contributed by atoms with Crippen LogP contribution in [0.15, 0.2) is 23.8 Å². The van der Waals surface area contributed by atoms with E-state index in [1.54, 1.807) is 18.2 Å². The third-order valence-electron chi connectivity index (χ3n) is 1.51. The summed E-state index contributed by atoms with van der Waals surface area (Å²) in [5.41, 5.74) is 0.704. The summed E-state index contributed by atoms with van der Waals surface area (Å²) in [6.45, 7) is 1.51. The second-order valence-corrected chi connectivity index (χ2v) is 2.40. The van der Waals surface area contributed by atoms with Crippen molar-refractivity contribution in [2.75, 3.05) is 0 Å². The summed E-state index contributed by atoms with van der Waals surface area (Å²) in [5, 5.41) is 9.05. The van der Waals surface area contributed by atoms with Crippen molar-refractivity contribution in [3.05, 3.63) is 23.8 Å². The number of carbonyl (C=O) groups excluding carboxylic acids is 1. The minimum Gasteiger partial charge on any atom is -0.389 e. The standard InChI is InChI=1S/C8H10O2/c1-6(9)7-3-2-4-8(10)5-7/h2-4,8,10H,5H2,1H3/t8-/m1/s1. The van der Waals surface area contributed by atoms with Crippen LogP contribution in [-0.2, 0) is 4.79 Å². The lowest BCUT2D eigenvalue weighted by Gasteiger charge is -2.09. The van der Waals surface area contributed by atoms with Gasteiger partial charge in [0, 0.05) is 6.42 Å². The molecular weight excluding hydrogens is 128 g/mol. The van der Waals surface area contributed by atoms with Crippen molar-refractivity contribution in [3.8, 4) is 0 Å². The van der Waals surface area contributed by atoms with E-state index in [9.17, 15) is 4.79 Å². The van der Waals surface area contributed by atoms with Crippen molar-refractivity contribution in [2.24, 2.45) is 0 Å². The number of hydrogen-bond donors (Lipinski definition) is 1. The average molecular weight is 138 g/mol. The maximum Gasteiger partial charge on any atom is 0.155 e. The quantitative estimate of drug-likeness (QED) is 0.582. The van der Waals surface area contributed by atoms with Gasteiger partial charge >= 0.3 is 0 Å². The Morgan fingerprint density at radius 2 is 2.50 bits per heavy atom. The van der Waals surface area contributed by atoms with Crippen molar-refractivity contribution >= 4 is 5.78 Å². The fourth-order valence-electron chi connectivity index (χ4n) is 0.922. The first-order valence-corrected chi connectivity index (χ1v) is 3.26. The Bertz CT molecular complexity index is 201. The van der Waals surface area contributed by atoms with Crippen LogP contribution in [0.5, 0.6) is 0 Å². The number of aliphatic hydroxyl groups excluding tert-OH is 1. The Balaban J connectivity index is 2.71. The Morgan fingerprint density at radius 1 is 1.80 bits per heavy atom. The average Bonchev–Trinajstić information content (AvgIpc) is 1.88. The zero-order chi connectivity index (χ0) is 7.56. The molecule has 0 amide bonds. The lowest BCUT2D eigenvalue weighted by molar-refractivity contribution is -0.113. The van der Waals surface area contributed by atoms with Gasteiger partial charge in [0.2, 0.25) is 0 Å². The van der Waals surface area contributed by atoms with Gasteiger partial charge in [-0.2, -0.15) is 0 Å². The van der Waals surface area contributed by atoms with E-state index in [-0.39, 0.29) is 5.78 Å². The molecule has 0 bridgehead atoms. The van der Waals surface area contributed by atoms with Gasteiger partial charge in [-0.1, -0.05) is 18.2 Å². The Kier molecular flexibility index (Phi) is 2.02. The maximum absolute atomic E-state index is 10.7. The summed E-state index contributed by atoms with van der Waals surface area (Å²) in [7, 11) is 0. The zero-order valence-electron chi connectivity index (χ0n) is 5.87. The highest BCUT2D eigenvalue weighted by Crippen LogP contribution is 2.12. The number of aliphatic hydroxyl groups is 1. The zero-order valence-corrected chi connectivity index (χ0v) is 5.87. The molecule has 1 atom stereocenters. The summed E-state index contributed by atoms with van der Waals surface area (Å²) in [5.74, 6) is 0.0448. The second kappa shape index (κ2) is 2.80. The third-order valence-corrected chi connectivity index (χ3v) is 1.51. The lowest BCUT2D eigenvalue weighted by Crippen LogP contribution is -2.10. The van der Waals surface area contributed by atoms with Crippen LogP contribution < -0.4 is 0 Å². The van der Waals surface area contributed by atoms with Crippen LogP contribution in [0.1, 0.15) is 13.3 Å². The molecule has 0 aromatic carbocycles. The van der Waals surface area contributed by atoms with Crippen LogP contribution in [0.2, 0.25) is 0 Å². The van der Waals surface area contributed by atoms with Crippen molar-refractivity contribution in [1.29, 1.82) is 0 Å². The Morgan fingerprint density at radius 3 is 2.90 bits per heavy atom. The van der Waals surface area contributed by atoms with E-state index < -0.39 is 6.10 Å². The summed E-state index contributed by atoms with van der Waals surface area (Å²) >= 11 is 0. The van der Waals surface area contributed by atoms with Gasteiger partial charge in [-0.3, -0.25) is 4.79 Å². The van der Waals surface area contributed by atoms with Crippen LogP contribution in [0.4, 0.5) is 0 Å². The van der Waals surface area contributed by atoms with Gasteiger partial charge in [-0.15, -0.1) is 0 Å². The van der Waals surface area contributed by atoms with Crippen molar-refractivity contribution in [3.63, 3.8) is 0 Å². The highest BCUT2D eigenvalue weighted by atomic mass is 16.3. The van der Waals surface area contributed by atoms with E-state index in [0.717, 1.165) is 0 Å². The molecule has 54 valence electrons. The molecule has 0 aromatic rings. The molecule has 0 aromatic heterocycles. The first-order valence-electron chi connectivity index (χ1n) is 3.26. The number of ketones is 1. The molecule has 1 N–H and O–H groups in total. The fourth-order valence-corrected chi connectivity index (χ4v) is 0.922. The van der Waals surface area contributed by atoms with E-state index >= 15 is 0 Å². The van der Waals surface area contributed by atoms with Gasteiger partial charge in [-0.25, -0.2) is 0 Å². The topological polar surface area (TPSA) is 37.3 Å². The van der Waals surface area contributed by atoms with Gasteiger partial charge in [0.1, 0.15) is 0 Å². The molecule has 0 saturated carbocycles. The molecule has 0 unspecified atom stereocenters. The van der Waals surface area contributed by atoms with Crippen LogP contribution in [0.3, 0.4) is 0 Å². The normalized spacial score (nSPS) is 24.2. The van der Waals surface area contributed by atoms with E-state index in [1.807, 2.05) is 0 Å². The predicted octanol–water partition coefficient (Wildman–Crippen LogP) is 0.823. The SMILES string of the molecule is CC(=O)C1=CC=C[C@@H](O)C1. The van der Waals surface area contributed by atoms with Gasteiger partial charge in [0.15, 0.2) is 5.78 Å². The van der Waals surface area contributed by atoms with E-state index in [2.05, 4.69) is 0 Å². The number of rotatable bonds is 1. The highest BCUT2D eigenvalue weighted by molar-refractivity contribution is 5.93. The molecule has 0 saturated heterocycles. The van der Waals surface area contributed by atoms with Crippen molar-refractivity contribution in [1.82, 2.24) is 0 Å². The molecule has 0 radical (unpaired) electrons. The largest absolute Gasteiger partial charge is 0.389 e. The number of Topliss-reactive ketones (excluding diaryl/α,β-unsaturated/α-hetero) is 1. The molecule has 1 aliphatic carbocycles. The van der Waals surface area contributed by atoms with Crippen LogP contribution in [-0.4, -0.2) is 17.0 Å². The minimum atomic E-state index is -0.469. The van der Waals surface area contributed by atoms with Crippen LogP contribution in [0, 0.1) is 0 Å². The lowest BCUT2D eigenvalue weighted by atomic mass is 10.0. The third kappa shape index (κ3) is 1.54. The summed E-state index contributed by atoms with van der Waals surface area (Å²) in [4.78, 5) is 10.7. The molecule has 2 nitrogen and oxygen atoms in total.